The van der Waals surface area contributed by atoms with Crippen molar-refractivity contribution >= 4 is 23.4 Å². The first-order valence-electron chi connectivity index (χ1n) is 4.94. The summed E-state index contributed by atoms with van der Waals surface area (Å²) in [6.07, 6.45) is 1.90. The Morgan fingerprint density at radius 3 is 2.41 bits per heavy atom. The molecule has 0 spiro atoms. The topological polar surface area (TPSA) is 49.3 Å². The van der Waals surface area contributed by atoms with Gasteiger partial charge in [0.1, 0.15) is 17.3 Å². The van der Waals surface area contributed by atoms with E-state index in [1.807, 2.05) is 13.2 Å². The van der Waals surface area contributed by atoms with Crippen molar-refractivity contribution in [1.29, 1.82) is 0 Å². The number of carboxylic acid groups (broad SMARTS) is 1. The number of hydrogen-bond donors (Lipinski definition) is 2. The second kappa shape index (κ2) is 5.86. The third-order valence-corrected chi connectivity index (χ3v) is 3.23. The Hall–Kier alpha value is -1.30. The molecule has 0 saturated heterocycles. The van der Waals surface area contributed by atoms with Gasteiger partial charge in [-0.25, -0.2) is 13.6 Å². The Labute approximate surface area is 102 Å². The predicted molar refractivity (Wildman–Crippen MR) is 64.8 cm³/mol. The molecule has 0 aliphatic heterocycles. The highest BCUT2D eigenvalue weighted by Gasteiger charge is 2.14. The molecule has 1 rings (SSSR count). The van der Waals surface area contributed by atoms with Crippen LogP contribution in [0.25, 0.3) is 0 Å². The van der Waals surface area contributed by atoms with E-state index >= 15 is 0 Å². The minimum absolute atomic E-state index is 0.202. The molecule has 0 bridgehead atoms. The first kappa shape index (κ1) is 13.8. The van der Waals surface area contributed by atoms with Crippen molar-refractivity contribution in [2.45, 2.75) is 12.2 Å². The lowest BCUT2D eigenvalue weighted by Crippen LogP contribution is -2.15. The maximum Gasteiger partial charge on any atom is 0.335 e. The smallest absolute Gasteiger partial charge is 0.335 e. The van der Waals surface area contributed by atoms with Crippen molar-refractivity contribution in [3.63, 3.8) is 0 Å². The normalized spacial score (nSPS) is 12.2. The monoisotopic (exact) mass is 261 g/mol. The highest BCUT2D eigenvalue weighted by atomic mass is 32.2. The van der Waals surface area contributed by atoms with Gasteiger partial charge in [-0.15, -0.1) is 0 Å². The van der Waals surface area contributed by atoms with E-state index in [2.05, 4.69) is 5.32 Å². The molecule has 0 aromatic heterocycles. The quantitative estimate of drug-likeness (QED) is 0.855. The lowest BCUT2D eigenvalue weighted by Gasteiger charge is -2.12. The highest BCUT2D eigenvalue weighted by Crippen LogP contribution is 2.21. The Balaban J connectivity index is 2.90. The molecule has 94 valence electrons. The van der Waals surface area contributed by atoms with E-state index in [0.29, 0.717) is 6.54 Å². The molecule has 0 heterocycles. The van der Waals surface area contributed by atoms with E-state index in [1.54, 1.807) is 11.8 Å². The van der Waals surface area contributed by atoms with Crippen LogP contribution in [0.4, 0.5) is 14.5 Å². The van der Waals surface area contributed by atoms with E-state index in [4.69, 9.17) is 5.11 Å². The van der Waals surface area contributed by atoms with Crippen LogP contribution in [-0.4, -0.2) is 29.1 Å². The maximum atomic E-state index is 13.5. The van der Waals surface area contributed by atoms with E-state index in [9.17, 15) is 13.6 Å². The first-order valence-corrected chi connectivity index (χ1v) is 6.23. The number of rotatable bonds is 5. The zero-order valence-electron chi connectivity index (χ0n) is 9.46. The standard InChI is InChI=1S/C11H13F2NO2S/c1-6(17-2)5-14-10-8(12)3-7(11(15)16)4-9(10)13/h3-4,6,14H,5H2,1-2H3,(H,15,16). The Morgan fingerprint density at radius 1 is 1.47 bits per heavy atom. The van der Waals surface area contributed by atoms with Crippen molar-refractivity contribution in [1.82, 2.24) is 0 Å². The fourth-order valence-corrected chi connectivity index (χ4v) is 1.44. The number of carboxylic acids is 1. The molecule has 0 radical (unpaired) electrons. The second-order valence-electron chi connectivity index (χ2n) is 3.55. The number of nitrogens with one attached hydrogen (secondary N) is 1. The average molecular weight is 261 g/mol. The van der Waals surface area contributed by atoms with Gasteiger partial charge in [0.25, 0.3) is 0 Å². The van der Waals surface area contributed by atoms with Gasteiger partial charge < -0.3 is 10.4 Å². The average Bonchev–Trinajstić information content (AvgIpc) is 2.27. The van der Waals surface area contributed by atoms with Crippen LogP contribution in [0.15, 0.2) is 12.1 Å². The summed E-state index contributed by atoms with van der Waals surface area (Å²) in [7, 11) is 0. The van der Waals surface area contributed by atoms with Gasteiger partial charge in [-0.3, -0.25) is 0 Å². The summed E-state index contributed by atoms with van der Waals surface area (Å²) in [4.78, 5) is 10.6. The number of thioether (sulfide) groups is 1. The summed E-state index contributed by atoms with van der Waals surface area (Å²) >= 11 is 1.56. The van der Waals surface area contributed by atoms with E-state index in [1.165, 1.54) is 0 Å². The van der Waals surface area contributed by atoms with Crippen LogP contribution in [0.1, 0.15) is 17.3 Å². The van der Waals surface area contributed by atoms with Crippen LogP contribution in [0.3, 0.4) is 0 Å². The van der Waals surface area contributed by atoms with E-state index in [-0.39, 0.29) is 10.9 Å². The van der Waals surface area contributed by atoms with E-state index in [0.717, 1.165) is 12.1 Å². The zero-order chi connectivity index (χ0) is 13.0. The summed E-state index contributed by atoms with van der Waals surface area (Å²) in [5.74, 6) is -3.14. The summed E-state index contributed by atoms with van der Waals surface area (Å²) in [6, 6.07) is 1.61. The number of benzene rings is 1. The summed E-state index contributed by atoms with van der Waals surface area (Å²) in [5, 5.41) is 11.5. The number of hydrogen-bond acceptors (Lipinski definition) is 3. The fraction of sp³-hybridized carbons (Fsp3) is 0.364. The van der Waals surface area contributed by atoms with Crippen molar-refractivity contribution in [3.05, 3.63) is 29.3 Å². The van der Waals surface area contributed by atoms with Gasteiger partial charge in [-0.2, -0.15) is 11.8 Å². The van der Waals surface area contributed by atoms with Crippen LogP contribution in [0.2, 0.25) is 0 Å². The zero-order valence-corrected chi connectivity index (χ0v) is 10.3. The summed E-state index contributed by atoms with van der Waals surface area (Å²) in [6.45, 7) is 2.32. The molecule has 1 aromatic rings. The lowest BCUT2D eigenvalue weighted by molar-refractivity contribution is 0.0696. The number of carbonyl (C=O) groups is 1. The first-order chi connectivity index (χ1) is 7.95. The number of aromatic carboxylic acids is 1. The molecule has 0 aliphatic carbocycles. The molecule has 17 heavy (non-hydrogen) atoms. The molecule has 0 fully saturated rings. The van der Waals surface area contributed by atoms with Gasteiger partial charge in [0, 0.05) is 11.8 Å². The molecule has 2 N–H and O–H groups in total. The predicted octanol–water partition coefficient (Wildman–Crippen LogP) is 2.83. The SMILES string of the molecule is CSC(C)CNc1c(F)cc(C(=O)O)cc1F. The molecule has 0 saturated carbocycles. The van der Waals surface area contributed by atoms with Crippen molar-refractivity contribution in [3.8, 4) is 0 Å². The largest absolute Gasteiger partial charge is 0.478 e. The molecule has 1 unspecified atom stereocenters. The van der Waals surface area contributed by atoms with Gasteiger partial charge in [0.15, 0.2) is 0 Å². The maximum absolute atomic E-state index is 13.5. The minimum atomic E-state index is -1.35. The minimum Gasteiger partial charge on any atom is -0.478 e. The molecule has 3 nitrogen and oxygen atoms in total. The Kier molecular flexibility index (Phi) is 4.74. The molecule has 1 aromatic carbocycles. The Bertz CT molecular complexity index is 403. The van der Waals surface area contributed by atoms with Gasteiger partial charge in [0.2, 0.25) is 0 Å². The second-order valence-corrected chi connectivity index (χ2v) is 4.82. The van der Waals surface area contributed by atoms with Crippen molar-refractivity contribution in [2.75, 3.05) is 18.1 Å². The molecule has 1 atom stereocenters. The molecular weight excluding hydrogens is 248 g/mol. The molecule has 0 amide bonds. The number of anilines is 1. The van der Waals surface area contributed by atoms with Crippen molar-refractivity contribution < 1.29 is 18.7 Å². The molecule has 6 heteroatoms. The van der Waals surface area contributed by atoms with Crippen LogP contribution >= 0.6 is 11.8 Å². The van der Waals surface area contributed by atoms with Gasteiger partial charge in [-0.1, -0.05) is 6.92 Å². The summed E-state index contributed by atoms with van der Waals surface area (Å²) < 4.78 is 26.9. The van der Waals surface area contributed by atoms with Gasteiger partial charge >= 0.3 is 5.97 Å². The van der Waals surface area contributed by atoms with Gasteiger partial charge in [0.05, 0.1) is 5.56 Å². The highest BCUT2D eigenvalue weighted by molar-refractivity contribution is 7.99. The van der Waals surface area contributed by atoms with Crippen LogP contribution < -0.4 is 5.32 Å². The van der Waals surface area contributed by atoms with Crippen molar-refractivity contribution in [2.24, 2.45) is 0 Å². The van der Waals surface area contributed by atoms with Gasteiger partial charge in [-0.05, 0) is 18.4 Å². The van der Waals surface area contributed by atoms with E-state index < -0.39 is 23.2 Å². The lowest BCUT2D eigenvalue weighted by atomic mass is 10.2. The number of halogens is 2. The molecular formula is C11H13F2NO2S. The third-order valence-electron chi connectivity index (χ3n) is 2.26. The third kappa shape index (κ3) is 3.59. The van der Waals surface area contributed by atoms with Crippen LogP contribution in [-0.2, 0) is 0 Å². The van der Waals surface area contributed by atoms with Crippen LogP contribution in [0.5, 0.6) is 0 Å². The summed E-state index contributed by atoms with van der Waals surface area (Å²) in [5.41, 5.74) is -0.681. The Morgan fingerprint density at radius 2 is 2.00 bits per heavy atom. The fourth-order valence-electron chi connectivity index (χ4n) is 1.19. The van der Waals surface area contributed by atoms with Crippen LogP contribution in [0, 0.1) is 11.6 Å². The molecule has 0 aliphatic rings.